The average Bonchev–Trinajstić information content (AvgIpc) is 3.15. The molecule has 0 saturated carbocycles. The largest absolute Gasteiger partial charge is 0.352 e. The van der Waals surface area contributed by atoms with E-state index in [2.05, 4.69) is 36.8 Å². The van der Waals surface area contributed by atoms with Crippen molar-refractivity contribution in [2.24, 2.45) is 4.99 Å². The molecule has 0 radical (unpaired) electrons. The molecule has 0 fully saturated rings. The van der Waals surface area contributed by atoms with Crippen molar-refractivity contribution in [1.82, 2.24) is 30.4 Å². The molecule has 0 aromatic carbocycles. The predicted molar refractivity (Wildman–Crippen MR) is 125 cm³/mol. The second-order valence-corrected chi connectivity index (χ2v) is 7.67. The van der Waals surface area contributed by atoms with Crippen LogP contribution in [0.5, 0.6) is 0 Å². The zero-order chi connectivity index (χ0) is 19.4. The Hall–Kier alpha value is -2.01. The normalized spacial score (nSPS) is 11.2. The number of nitrogens with one attached hydrogen (secondary N) is 2. The summed E-state index contributed by atoms with van der Waals surface area (Å²) < 4.78 is 1.85. The number of guanidine groups is 1. The summed E-state index contributed by atoms with van der Waals surface area (Å²) in [4.78, 5) is 14.5. The number of halogens is 1. The number of pyridine rings is 1. The molecule has 7 nitrogen and oxygen atoms in total. The van der Waals surface area contributed by atoms with Gasteiger partial charge in [0, 0.05) is 30.4 Å². The zero-order valence-corrected chi connectivity index (χ0v) is 19.9. The molecule has 3 rings (SSSR count). The van der Waals surface area contributed by atoms with Crippen molar-refractivity contribution < 1.29 is 0 Å². The summed E-state index contributed by atoms with van der Waals surface area (Å²) in [7, 11) is 1.77. The van der Waals surface area contributed by atoms with Gasteiger partial charge in [-0.3, -0.25) is 4.99 Å². The molecule has 3 heterocycles. The van der Waals surface area contributed by atoms with E-state index in [-0.39, 0.29) is 24.0 Å². The Kier molecular flexibility index (Phi) is 7.93. The smallest absolute Gasteiger partial charge is 0.191 e. The van der Waals surface area contributed by atoms with Crippen LogP contribution in [0.1, 0.15) is 32.5 Å². The van der Waals surface area contributed by atoms with Gasteiger partial charge in [-0.2, -0.15) is 5.10 Å². The van der Waals surface area contributed by atoms with E-state index in [0.717, 1.165) is 39.4 Å². The molecule has 0 saturated heterocycles. The molecule has 0 spiro atoms. The standard InChI is InChI=1S/C19H25N7S.HI/c1-12-8-13(2)26(25-12)18-7-6-16(9-21-18)10-22-19(20-5)23-11-17-14(3)24-15(4)27-17;/h6-9H,10-11H2,1-5H3,(H2,20,22,23);1H. The number of aromatic nitrogens is 4. The quantitative estimate of drug-likeness (QED) is 0.312. The van der Waals surface area contributed by atoms with E-state index in [1.165, 1.54) is 4.88 Å². The summed E-state index contributed by atoms with van der Waals surface area (Å²) in [5.41, 5.74) is 4.21. The fourth-order valence-electron chi connectivity index (χ4n) is 2.82. The van der Waals surface area contributed by atoms with Crippen molar-refractivity contribution in [3.63, 3.8) is 0 Å². The molecule has 28 heavy (non-hydrogen) atoms. The molecule has 150 valence electrons. The number of rotatable bonds is 5. The first kappa shape index (κ1) is 22.3. The minimum Gasteiger partial charge on any atom is -0.352 e. The maximum absolute atomic E-state index is 4.53. The molecular weight excluding hydrogens is 485 g/mol. The van der Waals surface area contributed by atoms with Crippen molar-refractivity contribution >= 4 is 41.3 Å². The molecule has 3 aromatic rings. The highest BCUT2D eigenvalue weighted by Crippen LogP contribution is 2.16. The highest BCUT2D eigenvalue weighted by molar-refractivity contribution is 14.0. The first-order valence-corrected chi connectivity index (χ1v) is 9.64. The van der Waals surface area contributed by atoms with Gasteiger partial charge in [0.05, 0.1) is 22.9 Å². The molecule has 0 atom stereocenters. The van der Waals surface area contributed by atoms with Gasteiger partial charge in [-0.25, -0.2) is 14.6 Å². The molecule has 0 bridgehead atoms. The molecule has 0 aliphatic rings. The van der Waals surface area contributed by atoms with Crippen molar-refractivity contribution in [2.45, 2.75) is 40.8 Å². The Morgan fingerprint density at radius 1 is 1.14 bits per heavy atom. The Morgan fingerprint density at radius 2 is 1.89 bits per heavy atom. The summed E-state index contributed by atoms with van der Waals surface area (Å²) in [6, 6.07) is 6.07. The third kappa shape index (κ3) is 5.51. The van der Waals surface area contributed by atoms with Gasteiger partial charge in [0.2, 0.25) is 0 Å². The average molecular weight is 511 g/mol. The minimum atomic E-state index is 0. The lowest BCUT2D eigenvalue weighted by atomic mass is 10.3. The van der Waals surface area contributed by atoms with Crippen LogP contribution in [0.25, 0.3) is 5.82 Å². The van der Waals surface area contributed by atoms with Crippen molar-refractivity contribution in [1.29, 1.82) is 0 Å². The van der Waals surface area contributed by atoms with Crippen LogP contribution in [0.15, 0.2) is 29.4 Å². The lowest BCUT2D eigenvalue weighted by Gasteiger charge is -2.12. The van der Waals surface area contributed by atoms with E-state index in [1.807, 2.05) is 50.7 Å². The SMILES string of the molecule is CN=C(NCc1ccc(-n2nc(C)cc2C)nc1)NCc1sc(C)nc1C.I. The van der Waals surface area contributed by atoms with Gasteiger partial charge in [-0.15, -0.1) is 35.3 Å². The number of aliphatic imine (C=N–C) groups is 1. The van der Waals surface area contributed by atoms with Crippen LogP contribution in [-0.4, -0.2) is 32.8 Å². The lowest BCUT2D eigenvalue weighted by molar-refractivity contribution is 0.791. The molecule has 0 unspecified atom stereocenters. The van der Waals surface area contributed by atoms with Crippen LogP contribution in [-0.2, 0) is 13.1 Å². The van der Waals surface area contributed by atoms with Gasteiger partial charge < -0.3 is 10.6 Å². The molecule has 0 aliphatic carbocycles. The summed E-state index contributed by atoms with van der Waals surface area (Å²) >= 11 is 1.71. The topological polar surface area (TPSA) is 80.0 Å². The highest BCUT2D eigenvalue weighted by Gasteiger charge is 2.07. The van der Waals surface area contributed by atoms with Crippen LogP contribution in [0.4, 0.5) is 0 Å². The number of hydrogen-bond acceptors (Lipinski definition) is 5. The van der Waals surface area contributed by atoms with Crippen LogP contribution >= 0.6 is 35.3 Å². The van der Waals surface area contributed by atoms with Gasteiger partial charge in [0.1, 0.15) is 0 Å². The monoisotopic (exact) mass is 511 g/mol. The maximum Gasteiger partial charge on any atom is 0.191 e. The van der Waals surface area contributed by atoms with Crippen LogP contribution in [0.3, 0.4) is 0 Å². The van der Waals surface area contributed by atoms with Gasteiger partial charge in [-0.05, 0) is 45.4 Å². The van der Waals surface area contributed by atoms with Gasteiger partial charge in [0.15, 0.2) is 11.8 Å². The second-order valence-electron chi connectivity index (χ2n) is 6.38. The van der Waals surface area contributed by atoms with Crippen LogP contribution in [0.2, 0.25) is 0 Å². The molecule has 0 aliphatic heterocycles. The minimum absolute atomic E-state index is 0. The van der Waals surface area contributed by atoms with Crippen molar-refractivity contribution in [3.8, 4) is 5.82 Å². The Bertz CT molecular complexity index is 944. The highest BCUT2D eigenvalue weighted by atomic mass is 127. The number of hydrogen-bond donors (Lipinski definition) is 2. The first-order valence-electron chi connectivity index (χ1n) is 8.82. The summed E-state index contributed by atoms with van der Waals surface area (Å²) in [5, 5.41) is 12.2. The summed E-state index contributed by atoms with van der Waals surface area (Å²) in [6.07, 6.45) is 1.86. The van der Waals surface area contributed by atoms with Gasteiger partial charge in [-0.1, -0.05) is 6.07 Å². The zero-order valence-electron chi connectivity index (χ0n) is 16.8. The van der Waals surface area contributed by atoms with E-state index in [1.54, 1.807) is 18.4 Å². The summed E-state index contributed by atoms with van der Waals surface area (Å²) in [6.45, 7) is 9.43. The Labute approximate surface area is 186 Å². The van der Waals surface area contributed by atoms with Gasteiger partial charge >= 0.3 is 0 Å². The molecule has 2 N–H and O–H groups in total. The van der Waals surface area contributed by atoms with Crippen LogP contribution < -0.4 is 10.6 Å². The molecule has 9 heteroatoms. The number of nitrogens with zero attached hydrogens (tertiary/aromatic N) is 5. The van der Waals surface area contributed by atoms with Crippen LogP contribution in [0, 0.1) is 27.7 Å². The molecule has 3 aromatic heterocycles. The Morgan fingerprint density at radius 3 is 2.43 bits per heavy atom. The fourth-order valence-corrected chi connectivity index (χ4v) is 3.69. The third-order valence-corrected chi connectivity index (χ3v) is 5.21. The van der Waals surface area contributed by atoms with E-state index < -0.39 is 0 Å². The number of aryl methyl sites for hydroxylation is 4. The molecular formula is C19H26IN7S. The van der Waals surface area contributed by atoms with E-state index in [0.29, 0.717) is 13.1 Å². The van der Waals surface area contributed by atoms with E-state index >= 15 is 0 Å². The molecule has 0 amide bonds. The van der Waals surface area contributed by atoms with Gasteiger partial charge in [0.25, 0.3) is 0 Å². The van der Waals surface area contributed by atoms with Crippen molar-refractivity contribution in [2.75, 3.05) is 7.05 Å². The maximum atomic E-state index is 4.53. The fraction of sp³-hybridized carbons (Fsp3) is 0.368. The second kappa shape index (κ2) is 9.97. The van der Waals surface area contributed by atoms with E-state index in [9.17, 15) is 0 Å². The Balaban J connectivity index is 0.00000280. The first-order chi connectivity index (χ1) is 13.0. The lowest BCUT2D eigenvalue weighted by Crippen LogP contribution is -2.36. The van der Waals surface area contributed by atoms with E-state index in [4.69, 9.17) is 0 Å². The van der Waals surface area contributed by atoms with Crippen molar-refractivity contribution in [3.05, 3.63) is 56.9 Å². The number of thiazole rings is 1. The summed E-state index contributed by atoms with van der Waals surface area (Å²) in [5.74, 6) is 1.57. The predicted octanol–water partition coefficient (Wildman–Crippen LogP) is 3.44. The third-order valence-electron chi connectivity index (χ3n) is 4.14.